The maximum Gasteiger partial charge on any atom is 0.135 e. The average Bonchev–Trinajstić information content (AvgIpc) is 2.18. The SMILES string of the molecule is CCOc1cccc2c1SCC(N)=N2. The van der Waals surface area contributed by atoms with E-state index in [0.29, 0.717) is 12.4 Å². The lowest BCUT2D eigenvalue weighted by Gasteiger charge is -2.15. The third-order valence-electron chi connectivity index (χ3n) is 1.89. The van der Waals surface area contributed by atoms with Gasteiger partial charge in [-0.1, -0.05) is 6.07 Å². The van der Waals surface area contributed by atoms with Crippen LogP contribution >= 0.6 is 11.8 Å². The fourth-order valence-corrected chi connectivity index (χ4v) is 2.23. The monoisotopic (exact) mass is 208 g/mol. The van der Waals surface area contributed by atoms with E-state index in [1.807, 2.05) is 25.1 Å². The second-order valence-corrected chi connectivity index (χ2v) is 3.91. The summed E-state index contributed by atoms with van der Waals surface area (Å²) in [5, 5.41) is 0. The number of benzene rings is 1. The van der Waals surface area contributed by atoms with E-state index in [-0.39, 0.29) is 0 Å². The summed E-state index contributed by atoms with van der Waals surface area (Å²) in [6, 6.07) is 5.86. The summed E-state index contributed by atoms with van der Waals surface area (Å²) < 4.78 is 5.51. The van der Waals surface area contributed by atoms with Gasteiger partial charge in [0.05, 0.1) is 22.9 Å². The maximum atomic E-state index is 5.66. The highest BCUT2D eigenvalue weighted by Crippen LogP contribution is 2.40. The van der Waals surface area contributed by atoms with Gasteiger partial charge in [-0.2, -0.15) is 0 Å². The van der Waals surface area contributed by atoms with Crippen molar-refractivity contribution in [2.24, 2.45) is 10.7 Å². The van der Waals surface area contributed by atoms with Crippen LogP contribution in [0.25, 0.3) is 0 Å². The van der Waals surface area contributed by atoms with Gasteiger partial charge in [0, 0.05) is 0 Å². The zero-order valence-corrected chi connectivity index (χ0v) is 8.80. The molecule has 74 valence electrons. The Hall–Kier alpha value is -1.16. The van der Waals surface area contributed by atoms with Gasteiger partial charge in [0.2, 0.25) is 0 Å². The van der Waals surface area contributed by atoms with Crippen LogP contribution in [0.15, 0.2) is 28.1 Å². The van der Waals surface area contributed by atoms with Gasteiger partial charge in [0.25, 0.3) is 0 Å². The van der Waals surface area contributed by atoms with Gasteiger partial charge in [0.15, 0.2) is 0 Å². The molecule has 1 aliphatic rings. The third kappa shape index (κ3) is 1.70. The summed E-state index contributed by atoms with van der Waals surface area (Å²) >= 11 is 1.68. The van der Waals surface area contributed by atoms with Crippen molar-refractivity contribution in [1.82, 2.24) is 0 Å². The molecule has 0 saturated heterocycles. The summed E-state index contributed by atoms with van der Waals surface area (Å²) in [6.07, 6.45) is 0. The Morgan fingerprint density at radius 1 is 1.57 bits per heavy atom. The average molecular weight is 208 g/mol. The predicted molar refractivity (Wildman–Crippen MR) is 59.6 cm³/mol. The molecule has 14 heavy (non-hydrogen) atoms. The molecule has 2 rings (SSSR count). The number of nitrogens with zero attached hydrogens (tertiary/aromatic N) is 1. The number of aliphatic imine (C=N–C) groups is 1. The van der Waals surface area contributed by atoms with E-state index in [1.54, 1.807) is 11.8 Å². The molecule has 0 aromatic heterocycles. The highest BCUT2D eigenvalue weighted by atomic mass is 32.2. The van der Waals surface area contributed by atoms with Gasteiger partial charge in [-0.05, 0) is 19.1 Å². The van der Waals surface area contributed by atoms with Crippen LogP contribution in [0, 0.1) is 0 Å². The van der Waals surface area contributed by atoms with Crippen molar-refractivity contribution >= 4 is 23.3 Å². The minimum absolute atomic E-state index is 0.677. The lowest BCUT2D eigenvalue weighted by molar-refractivity contribution is 0.332. The van der Waals surface area contributed by atoms with Crippen LogP contribution in [0.5, 0.6) is 5.75 Å². The Kier molecular flexibility index (Phi) is 2.63. The van der Waals surface area contributed by atoms with Crippen LogP contribution in [0.3, 0.4) is 0 Å². The van der Waals surface area contributed by atoms with E-state index in [0.717, 1.165) is 22.1 Å². The topological polar surface area (TPSA) is 47.6 Å². The normalized spacial score (nSPS) is 14.5. The molecule has 0 amide bonds. The number of rotatable bonds is 2. The Morgan fingerprint density at radius 3 is 3.21 bits per heavy atom. The van der Waals surface area contributed by atoms with E-state index in [2.05, 4.69) is 4.99 Å². The first-order valence-corrected chi connectivity index (χ1v) is 5.51. The van der Waals surface area contributed by atoms with Crippen molar-refractivity contribution in [2.45, 2.75) is 11.8 Å². The number of ether oxygens (including phenoxy) is 1. The molecule has 0 spiro atoms. The number of thioether (sulfide) groups is 1. The molecular weight excluding hydrogens is 196 g/mol. The van der Waals surface area contributed by atoms with Crippen LogP contribution in [-0.2, 0) is 0 Å². The zero-order chi connectivity index (χ0) is 9.97. The summed E-state index contributed by atoms with van der Waals surface area (Å²) in [6.45, 7) is 2.65. The minimum Gasteiger partial charge on any atom is -0.493 e. The van der Waals surface area contributed by atoms with Crippen LogP contribution in [0.4, 0.5) is 5.69 Å². The second-order valence-electron chi connectivity index (χ2n) is 2.93. The van der Waals surface area contributed by atoms with Gasteiger partial charge >= 0.3 is 0 Å². The van der Waals surface area contributed by atoms with Crippen molar-refractivity contribution in [3.63, 3.8) is 0 Å². The molecule has 4 heteroatoms. The highest BCUT2D eigenvalue weighted by molar-refractivity contribution is 8.00. The molecule has 1 aromatic carbocycles. The van der Waals surface area contributed by atoms with Crippen molar-refractivity contribution in [2.75, 3.05) is 12.4 Å². The molecule has 0 saturated carbocycles. The molecule has 1 aromatic rings. The molecule has 2 N–H and O–H groups in total. The second kappa shape index (κ2) is 3.92. The first-order valence-electron chi connectivity index (χ1n) is 4.53. The number of fused-ring (bicyclic) bond motifs is 1. The van der Waals surface area contributed by atoms with E-state index in [4.69, 9.17) is 10.5 Å². The summed E-state index contributed by atoms with van der Waals surface area (Å²) in [7, 11) is 0. The number of hydrogen-bond donors (Lipinski definition) is 1. The van der Waals surface area contributed by atoms with Gasteiger partial charge in [-0.25, -0.2) is 4.99 Å². The van der Waals surface area contributed by atoms with E-state index < -0.39 is 0 Å². The Labute approximate surface area is 87.4 Å². The van der Waals surface area contributed by atoms with E-state index in [9.17, 15) is 0 Å². The van der Waals surface area contributed by atoms with Gasteiger partial charge < -0.3 is 10.5 Å². The van der Waals surface area contributed by atoms with Crippen LogP contribution in [-0.4, -0.2) is 18.2 Å². The van der Waals surface area contributed by atoms with Crippen LogP contribution in [0.2, 0.25) is 0 Å². The van der Waals surface area contributed by atoms with E-state index >= 15 is 0 Å². The first-order chi connectivity index (χ1) is 6.81. The molecule has 0 bridgehead atoms. The predicted octanol–water partition coefficient (Wildman–Crippen LogP) is 2.18. The van der Waals surface area contributed by atoms with Gasteiger partial charge in [0.1, 0.15) is 11.6 Å². The minimum atomic E-state index is 0.677. The first kappa shape index (κ1) is 9.40. The highest BCUT2D eigenvalue weighted by Gasteiger charge is 2.14. The fourth-order valence-electron chi connectivity index (χ4n) is 1.34. The molecule has 0 fully saturated rings. The largest absolute Gasteiger partial charge is 0.493 e. The van der Waals surface area contributed by atoms with Crippen LogP contribution < -0.4 is 10.5 Å². The van der Waals surface area contributed by atoms with Gasteiger partial charge in [-0.15, -0.1) is 11.8 Å². The molecule has 3 nitrogen and oxygen atoms in total. The maximum absolute atomic E-state index is 5.66. The van der Waals surface area contributed by atoms with Crippen molar-refractivity contribution < 1.29 is 4.74 Å². The molecule has 0 aliphatic carbocycles. The Morgan fingerprint density at radius 2 is 2.43 bits per heavy atom. The number of amidine groups is 1. The smallest absolute Gasteiger partial charge is 0.135 e. The third-order valence-corrected chi connectivity index (χ3v) is 3.03. The van der Waals surface area contributed by atoms with Crippen molar-refractivity contribution in [3.05, 3.63) is 18.2 Å². The Bertz CT molecular complexity index is 376. The zero-order valence-electron chi connectivity index (χ0n) is 7.99. The molecule has 1 aliphatic heterocycles. The molecular formula is C10H12N2OS. The number of hydrogen-bond acceptors (Lipinski definition) is 4. The molecule has 0 atom stereocenters. The van der Waals surface area contributed by atoms with Gasteiger partial charge in [-0.3, -0.25) is 0 Å². The van der Waals surface area contributed by atoms with Crippen molar-refractivity contribution in [1.29, 1.82) is 0 Å². The fraction of sp³-hybridized carbons (Fsp3) is 0.300. The standard InChI is InChI=1S/C10H12N2OS/c1-2-13-8-5-3-4-7-10(8)14-6-9(11)12-7/h3-5H,2,6H2,1H3,(H2,11,12). The summed E-state index contributed by atoms with van der Waals surface area (Å²) in [5.74, 6) is 2.33. The summed E-state index contributed by atoms with van der Waals surface area (Å²) in [5.41, 5.74) is 6.58. The van der Waals surface area contributed by atoms with Crippen LogP contribution in [0.1, 0.15) is 6.92 Å². The molecule has 0 radical (unpaired) electrons. The molecule has 0 unspecified atom stereocenters. The van der Waals surface area contributed by atoms with Crippen molar-refractivity contribution in [3.8, 4) is 5.75 Å². The molecule has 1 heterocycles. The lowest BCUT2D eigenvalue weighted by atomic mass is 10.3. The Balaban J connectivity index is 2.42. The number of nitrogens with two attached hydrogens (primary N) is 1. The quantitative estimate of drug-likeness (QED) is 0.810. The van der Waals surface area contributed by atoms with E-state index in [1.165, 1.54) is 0 Å². The lowest BCUT2D eigenvalue weighted by Crippen LogP contribution is -2.16. The summed E-state index contributed by atoms with van der Waals surface area (Å²) in [4.78, 5) is 5.38.